The lowest BCUT2D eigenvalue weighted by molar-refractivity contribution is 0.356. The van der Waals surface area contributed by atoms with Crippen LogP contribution >= 0.6 is 8.46 Å². The van der Waals surface area contributed by atoms with Crippen molar-refractivity contribution in [3.8, 4) is 11.5 Å². The zero-order valence-electron chi connectivity index (χ0n) is 14.1. The van der Waals surface area contributed by atoms with E-state index in [0.29, 0.717) is 17.4 Å². The van der Waals surface area contributed by atoms with E-state index < -0.39 is 0 Å². The van der Waals surface area contributed by atoms with Crippen LogP contribution in [-0.2, 0) is 4.57 Å². The molecule has 2 atom stereocenters. The third-order valence-corrected chi connectivity index (χ3v) is 5.38. The molecule has 1 radical (unpaired) electrons. The topological polar surface area (TPSA) is 64.6 Å². The smallest absolute Gasteiger partial charge is 0.162 e. The van der Waals surface area contributed by atoms with Crippen molar-refractivity contribution in [3.05, 3.63) is 18.5 Å². The molecule has 0 saturated carbocycles. The molecule has 3 rings (SSSR count). The number of anilines is 1. The van der Waals surface area contributed by atoms with E-state index in [1.165, 1.54) is 0 Å². The van der Waals surface area contributed by atoms with Crippen molar-refractivity contribution in [2.24, 2.45) is 5.92 Å². The van der Waals surface area contributed by atoms with Crippen molar-refractivity contribution in [1.29, 1.82) is 0 Å². The standard InChI is InChI=1S/C17H23N3O3P/c1-22-15-8-13-14(9-16(15)23-2)18-11-19-17(13)20-6-3-4-12(5-7-20)10-24-21/h8-9,11-12,24H,3-7,10H2,1-2H3. The van der Waals surface area contributed by atoms with Crippen LogP contribution in [0.4, 0.5) is 5.82 Å². The monoisotopic (exact) mass is 348 g/mol. The molecule has 7 heteroatoms. The summed E-state index contributed by atoms with van der Waals surface area (Å²) in [7, 11) is 3.06. The minimum Gasteiger partial charge on any atom is -0.493 e. The molecular weight excluding hydrogens is 325 g/mol. The van der Waals surface area contributed by atoms with Crippen LogP contribution in [-0.4, -0.2) is 43.4 Å². The average molecular weight is 348 g/mol. The number of rotatable bonds is 5. The highest BCUT2D eigenvalue weighted by atomic mass is 31.1. The molecule has 1 aromatic heterocycles. The summed E-state index contributed by atoms with van der Waals surface area (Å²) in [5.41, 5.74) is 0.847. The van der Waals surface area contributed by atoms with E-state index in [0.717, 1.165) is 55.2 Å². The zero-order chi connectivity index (χ0) is 16.9. The molecule has 2 heterocycles. The molecule has 1 aliphatic rings. The Morgan fingerprint density at radius 3 is 2.71 bits per heavy atom. The molecule has 1 aliphatic heterocycles. The van der Waals surface area contributed by atoms with E-state index in [4.69, 9.17) is 9.47 Å². The molecule has 0 aliphatic carbocycles. The van der Waals surface area contributed by atoms with Gasteiger partial charge in [0, 0.05) is 30.7 Å². The first-order valence-corrected chi connectivity index (χ1v) is 9.35. The summed E-state index contributed by atoms with van der Waals surface area (Å²) < 4.78 is 21.7. The first-order valence-electron chi connectivity index (χ1n) is 8.23. The summed E-state index contributed by atoms with van der Waals surface area (Å²) in [6.45, 7) is 1.88. The Morgan fingerprint density at radius 2 is 1.96 bits per heavy atom. The average Bonchev–Trinajstić information content (AvgIpc) is 2.86. The van der Waals surface area contributed by atoms with Gasteiger partial charge in [0.25, 0.3) is 0 Å². The van der Waals surface area contributed by atoms with Gasteiger partial charge in [-0.05, 0) is 31.2 Å². The molecule has 24 heavy (non-hydrogen) atoms. The molecule has 0 N–H and O–H groups in total. The Hall–Kier alpha value is -1.94. The van der Waals surface area contributed by atoms with Gasteiger partial charge in [-0.3, -0.25) is 4.57 Å². The van der Waals surface area contributed by atoms with Crippen molar-refractivity contribution in [3.63, 3.8) is 0 Å². The Kier molecular flexibility index (Phi) is 5.46. The van der Waals surface area contributed by atoms with Gasteiger partial charge in [-0.2, -0.15) is 0 Å². The van der Waals surface area contributed by atoms with Crippen LogP contribution in [0.15, 0.2) is 18.5 Å². The van der Waals surface area contributed by atoms with Crippen molar-refractivity contribution in [1.82, 2.24) is 9.97 Å². The van der Waals surface area contributed by atoms with E-state index in [1.807, 2.05) is 12.1 Å². The fourth-order valence-electron chi connectivity index (χ4n) is 3.32. The molecule has 1 fully saturated rings. The van der Waals surface area contributed by atoms with Gasteiger partial charge < -0.3 is 14.4 Å². The summed E-state index contributed by atoms with van der Waals surface area (Å²) >= 11 is 0. The van der Waals surface area contributed by atoms with Gasteiger partial charge in [0.15, 0.2) is 11.5 Å². The number of ether oxygens (including phenoxy) is 2. The third-order valence-electron chi connectivity index (χ3n) is 4.64. The van der Waals surface area contributed by atoms with Gasteiger partial charge in [-0.15, -0.1) is 0 Å². The van der Waals surface area contributed by atoms with E-state index in [-0.39, 0.29) is 8.46 Å². The molecule has 0 spiro atoms. The predicted molar refractivity (Wildman–Crippen MR) is 96.1 cm³/mol. The molecule has 2 unspecified atom stereocenters. The molecular formula is C17H23N3O3P. The number of hydrogen-bond acceptors (Lipinski definition) is 6. The summed E-state index contributed by atoms with van der Waals surface area (Å²) in [4.78, 5) is 11.2. The minimum absolute atomic E-state index is 0.199. The number of methoxy groups -OCH3 is 2. The van der Waals surface area contributed by atoms with Gasteiger partial charge in [0.1, 0.15) is 12.1 Å². The number of fused-ring (bicyclic) bond motifs is 1. The van der Waals surface area contributed by atoms with Crippen molar-refractivity contribution >= 4 is 25.2 Å². The van der Waals surface area contributed by atoms with E-state index in [2.05, 4.69) is 14.9 Å². The first kappa shape index (κ1) is 16.9. The SMILES string of the molecule is COc1cc2ncnc(N3CCCC(C[PH]=O)CC3)c2cc1OC. The Balaban J connectivity index is 1.95. The second-order valence-corrected chi connectivity index (χ2v) is 6.75. The number of benzene rings is 1. The van der Waals surface area contributed by atoms with Crippen molar-refractivity contribution < 1.29 is 14.0 Å². The Bertz CT molecular complexity index is 726. The lowest BCUT2D eigenvalue weighted by Gasteiger charge is -2.23. The second-order valence-electron chi connectivity index (χ2n) is 6.05. The van der Waals surface area contributed by atoms with Crippen LogP contribution in [0.1, 0.15) is 19.3 Å². The molecule has 129 valence electrons. The lowest BCUT2D eigenvalue weighted by Crippen LogP contribution is -2.25. The second kappa shape index (κ2) is 7.75. The number of aromatic nitrogens is 2. The fraction of sp³-hybridized carbons (Fsp3) is 0.529. The van der Waals surface area contributed by atoms with E-state index >= 15 is 0 Å². The summed E-state index contributed by atoms with van der Waals surface area (Å²) in [5.74, 6) is 2.84. The highest BCUT2D eigenvalue weighted by molar-refractivity contribution is 7.23. The highest BCUT2D eigenvalue weighted by Crippen LogP contribution is 2.35. The van der Waals surface area contributed by atoms with Crippen molar-refractivity contribution in [2.45, 2.75) is 19.3 Å². The molecule has 2 aromatic rings. The van der Waals surface area contributed by atoms with Crippen LogP contribution in [0.2, 0.25) is 0 Å². The van der Waals surface area contributed by atoms with Crippen molar-refractivity contribution in [2.75, 3.05) is 38.4 Å². The van der Waals surface area contributed by atoms with Crippen LogP contribution in [0.25, 0.3) is 10.9 Å². The van der Waals surface area contributed by atoms with E-state index in [1.54, 1.807) is 20.5 Å². The fourth-order valence-corrected chi connectivity index (χ4v) is 3.96. The maximum atomic E-state index is 10.9. The van der Waals surface area contributed by atoms with E-state index in [9.17, 15) is 4.57 Å². The molecule has 1 saturated heterocycles. The van der Waals surface area contributed by atoms with Gasteiger partial charge >= 0.3 is 0 Å². The maximum Gasteiger partial charge on any atom is 0.162 e. The van der Waals surface area contributed by atoms with Crippen LogP contribution < -0.4 is 14.4 Å². The van der Waals surface area contributed by atoms with Crippen LogP contribution in [0.3, 0.4) is 0 Å². The normalized spacial score (nSPS) is 18.6. The lowest BCUT2D eigenvalue weighted by atomic mass is 10.0. The van der Waals surface area contributed by atoms with Gasteiger partial charge in [0.05, 0.1) is 28.2 Å². The summed E-state index contributed by atoms with van der Waals surface area (Å²) in [5, 5.41) is 0.972. The third kappa shape index (κ3) is 3.44. The van der Waals surface area contributed by atoms with Crippen LogP contribution in [0.5, 0.6) is 11.5 Å². The van der Waals surface area contributed by atoms with Crippen LogP contribution in [0, 0.1) is 5.92 Å². The Morgan fingerprint density at radius 1 is 1.17 bits per heavy atom. The first-order chi connectivity index (χ1) is 11.8. The quantitative estimate of drug-likeness (QED) is 0.773. The zero-order valence-corrected chi connectivity index (χ0v) is 15.1. The molecule has 0 bridgehead atoms. The van der Waals surface area contributed by atoms with Gasteiger partial charge in [-0.1, -0.05) is 0 Å². The number of nitrogens with zero attached hydrogens (tertiary/aromatic N) is 3. The molecule has 6 nitrogen and oxygen atoms in total. The molecule has 1 aromatic carbocycles. The summed E-state index contributed by atoms with van der Waals surface area (Å²) in [6, 6.07) is 3.84. The number of hydrogen-bond donors (Lipinski definition) is 0. The predicted octanol–water partition coefficient (Wildman–Crippen LogP) is 3.28. The van der Waals surface area contributed by atoms with Gasteiger partial charge in [0.2, 0.25) is 0 Å². The maximum absolute atomic E-state index is 10.9. The highest BCUT2D eigenvalue weighted by Gasteiger charge is 2.20. The van der Waals surface area contributed by atoms with Gasteiger partial charge in [-0.25, -0.2) is 9.97 Å². The molecule has 0 amide bonds. The largest absolute Gasteiger partial charge is 0.493 e. The minimum atomic E-state index is -0.199. The summed E-state index contributed by atoms with van der Waals surface area (Å²) in [6.07, 6.45) is 5.68. The Labute approximate surface area is 143 Å².